The molecule has 15 heavy (non-hydrogen) atoms. The van der Waals surface area contributed by atoms with Gasteiger partial charge in [-0.15, -0.1) is 0 Å². The van der Waals surface area contributed by atoms with Crippen molar-refractivity contribution in [1.29, 1.82) is 0 Å². The van der Waals surface area contributed by atoms with E-state index in [2.05, 4.69) is 10.6 Å². The molecule has 0 saturated heterocycles. The summed E-state index contributed by atoms with van der Waals surface area (Å²) in [4.78, 5) is 5.13. The zero-order valence-corrected chi connectivity index (χ0v) is 9.97. The minimum absolute atomic E-state index is 0.507. The van der Waals surface area contributed by atoms with Crippen molar-refractivity contribution in [2.24, 2.45) is 7.05 Å². The molecule has 5 nitrogen and oxygen atoms in total. The van der Waals surface area contributed by atoms with Gasteiger partial charge in [0.05, 0.1) is 25.5 Å². The number of rotatable bonds is 6. The van der Waals surface area contributed by atoms with Gasteiger partial charge in [-0.2, -0.15) is 10.6 Å². The van der Waals surface area contributed by atoms with Crippen molar-refractivity contribution in [1.82, 2.24) is 15.3 Å². The summed E-state index contributed by atoms with van der Waals surface area (Å²) in [5, 5.41) is 4.82. The number of aromatic nitrogens is 2. The highest BCUT2D eigenvalue weighted by atomic mass is 35.5. The summed E-state index contributed by atoms with van der Waals surface area (Å²) < 4.78 is 6.48. The zero-order valence-electron chi connectivity index (χ0n) is 9.21. The number of hydrogen-bond donors (Lipinski definition) is 1. The Bertz CT molecular complexity index is 315. The van der Waals surface area contributed by atoms with Crippen LogP contribution < -0.4 is 5.48 Å². The Morgan fingerprint density at radius 3 is 2.73 bits per heavy atom. The number of ether oxygens (including phenoxy) is 1. The number of nitrogens with zero attached hydrogens (tertiary/aromatic N) is 2. The van der Waals surface area contributed by atoms with Crippen molar-refractivity contribution in [2.75, 3.05) is 20.3 Å². The summed E-state index contributed by atoms with van der Waals surface area (Å²) >= 11 is 6.03. The Kier molecular flexibility index (Phi) is 5.04. The molecule has 1 N–H and O–H groups in total. The van der Waals surface area contributed by atoms with Crippen LogP contribution in [-0.4, -0.2) is 30.1 Å². The third-order valence-electron chi connectivity index (χ3n) is 2.01. The van der Waals surface area contributed by atoms with Gasteiger partial charge in [-0.3, -0.25) is 9.52 Å². The Morgan fingerprint density at radius 1 is 1.47 bits per heavy atom. The highest BCUT2D eigenvalue weighted by molar-refractivity contribution is 6.30. The topological polar surface area (TPSA) is 48.3 Å². The molecule has 1 aromatic heterocycles. The van der Waals surface area contributed by atoms with E-state index in [0.717, 1.165) is 11.3 Å². The predicted octanol–water partition coefficient (Wildman–Crippen LogP) is 1.05. The lowest BCUT2D eigenvalue weighted by atomic mass is 10.3. The van der Waals surface area contributed by atoms with Crippen molar-refractivity contribution in [3.63, 3.8) is 0 Å². The first-order valence-corrected chi connectivity index (χ1v) is 5.06. The number of hydrogen-bond acceptors (Lipinski definition) is 4. The van der Waals surface area contributed by atoms with E-state index in [-0.39, 0.29) is 0 Å². The highest BCUT2D eigenvalue weighted by Gasteiger charge is 2.10. The number of aryl methyl sites for hydroxylation is 2. The first kappa shape index (κ1) is 12.4. The van der Waals surface area contributed by atoms with Gasteiger partial charge in [0.2, 0.25) is 0 Å². The third-order valence-corrected chi connectivity index (χ3v) is 2.48. The summed E-state index contributed by atoms with van der Waals surface area (Å²) in [7, 11) is 3.44. The maximum Gasteiger partial charge on any atom is 0.131 e. The predicted molar refractivity (Wildman–Crippen MR) is 57.6 cm³/mol. The summed E-state index contributed by atoms with van der Waals surface area (Å²) in [6, 6.07) is 0. The molecule has 0 saturated carbocycles. The Hall–Kier alpha value is -0.620. The normalized spacial score (nSPS) is 10.9. The van der Waals surface area contributed by atoms with Crippen LogP contribution in [0.15, 0.2) is 0 Å². The lowest BCUT2D eigenvalue weighted by Gasteiger charge is -2.04. The van der Waals surface area contributed by atoms with Crippen LogP contribution in [0, 0.1) is 6.92 Å². The third kappa shape index (κ3) is 3.46. The maximum atomic E-state index is 6.03. The Morgan fingerprint density at radius 2 is 2.20 bits per heavy atom. The van der Waals surface area contributed by atoms with Crippen LogP contribution in [0.3, 0.4) is 0 Å². The molecule has 0 spiro atoms. The monoisotopic (exact) mass is 233 g/mol. The van der Waals surface area contributed by atoms with Crippen LogP contribution in [0.4, 0.5) is 0 Å². The molecule has 0 aromatic carbocycles. The molecule has 0 aliphatic rings. The molecule has 0 bridgehead atoms. The fourth-order valence-electron chi connectivity index (χ4n) is 1.20. The Labute approximate surface area is 94.3 Å². The number of nitrogens with one attached hydrogen (secondary N) is 1. The second-order valence-corrected chi connectivity index (χ2v) is 3.50. The van der Waals surface area contributed by atoms with E-state index in [9.17, 15) is 0 Å². The Balaban J connectivity index is 2.37. The molecule has 0 unspecified atom stereocenters. The molecule has 0 aliphatic carbocycles. The van der Waals surface area contributed by atoms with Gasteiger partial charge in [-0.1, -0.05) is 11.6 Å². The van der Waals surface area contributed by atoms with E-state index in [1.165, 1.54) is 0 Å². The van der Waals surface area contributed by atoms with E-state index in [1.807, 2.05) is 14.0 Å². The van der Waals surface area contributed by atoms with Gasteiger partial charge in [0.25, 0.3) is 0 Å². The fraction of sp³-hybridized carbons (Fsp3) is 0.667. The first-order valence-electron chi connectivity index (χ1n) is 4.68. The summed E-state index contributed by atoms with van der Waals surface area (Å²) in [6.45, 7) is 3.53. The number of methoxy groups -OCH3 is 1. The summed E-state index contributed by atoms with van der Waals surface area (Å²) in [5.74, 6) is 0. The number of hydroxylamine groups is 1. The standard InChI is InChI=1S/C9H16ClN3O2/c1-7-8(9(10)13(2)12-7)6-11-15-5-4-14-3/h11H,4-6H2,1-3H3. The molecule has 0 fully saturated rings. The molecule has 1 rings (SSSR count). The fourth-order valence-corrected chi connectivity index (χ4v) is 1.44. The van der Waals surface area contributed by atoms with Crippen LogP contribution in [0.25, 0.3) is 0 Å². The van der Waals surface area contributed by atoms with Gasteiger partial charge in [-0.25, -0.2) is 0 Å². The highest BCUT2D eigenvalue weighted by Crippen LogP contribution is 2.17. The van der Waals surface area contributed by atoms with E-state index in [0.29, 0.717) is 24.9 Å². The second-order valence-electron chi connectivity index (χ2n) is 3.14. The van der Waals surface area contributed by atoms with Gasteiger partial charge in [0, 0.05) is 19.7 Å². The average molecular weight is 234 g/mol. The molecule has 0 amide bonds. The van der Waals surface area contributed by atoms with Crippen LogP contribution >= 0.6 is 11.6 Å². The minimum atomic E-state index is 0.507. The van der Waals surface area contributed by atoms with E-state index in [1.54, 1.807) is 11.8 Å². The average Bonchev–Trinajstić information content (AvgIpc) is 2.44. The quantitative estimate of drug-likeness (QED) is 0.590. The minimum Gasteiger partial charge on any atom is -0.382 e. The number of halogens is 1. The van der Waals surface area contributed by atoms with Gasteiger partial charge in [0.1, 0.15) is 5.15 Å². The van der Waals surface area contributed by atoms with Gasteiger partial charge < -0.3 is 4.74 Å². The molecule has 86 valence electrons. The van der Waals surface area contributed by atoms with Crippen LogP contribution in [0.1, 0.15) is 11.3 Å². The molecular formula is C9H16ClN3O2. The van der Waals surface area contributed by atoms with Crippen LogP contribution in [-0.2, 0) is 23.2 Å². The van der Waals surface area contributed by atoms with E-state index >= 15 is 0 Å². The largest absolute Gasteiger partial charge is 0.382 e. The molecule has 6 heteroatoms. The zero-order chi connectivity index (χ0) is 11.3. The molecular weight excluding hydrogens is 218 g/mol. The SMILES string of the molecule is COCCONCc1c(C)nn(C)c1Cl. The first-order chi connectivity index (χ1) is 7.16. The van der Waals surface area contributed by atoms with Crippen molar-refractivity contribution in [2.45, 2.75) is 13.5 Å². The molecule has 1 heterocycles. The van der Waals surface area contributed by atoms with Crippen molar-refractivity contribution in [3.05, 3.63) is 16.4 Å². The smallest absolute Gasteiger partial charge is 0.131 e. The molecule has 0 aliphatic heterocycles. The lowest BCUT2D eigenvalue weighted by molar-refractivity contribution is 0.00340. The van der Waals surface area contributed by atoms with E-state index < -0.39 is 0 Å². The van der Waals surface area contributed by atoms with Crippen molar-refractivity contribution in [3.8, 4) is 0 Å². The van der Waals surface area contributed by atoms with Gasteiger partial charge in [-0.05, 0) is 6.92 Å². The second kappa shape index (κ2) is 6.07. The van der Waals surface area contributed by atoms with Crippen LogP contribution in [0.2, 0.25) is 5.15 Å². The van der Waals surface area contributed by atoms with Crippen LogP contribution in [0.5, 0.6) is 0 Å². The van der Waals surface area contributed by atoms with Crippen molar-refractivity contribution < 1.29 is 9.57 Å². The maximum absolute atomic E-state index is 6.03. The van der Waals surface area contributed by atoms with E-state index in [4.69, 9.17) is 21.2 Å². The molecule has 1 aromatic rings. The molecule has 0 atom stereocenters. The lowest BCUT2D eigenvalue weighted by Crippen LogP contribution is -2.17. The summed E-state index contributed by atoms with van der Waals surface area (Å²) in [6.07, 6.45) is 0. The summed E-state index contributed by atoms with van der Waals surface area (Å²) in [5.41, 5.74) is 4.68. The molecule has 0 radical (unpaired) electrons. The van der Waals surface area contributed by atoms with Crippen molar-refractivity contribution >= 4 is 11.6 Å². The van der Waals surface area contributed by atoms with Gasteiger partial charge >= 0.3 is 0 Å². The van der Waals surface area contributed by atoms with Gasteiger partial charge in [0.15, 0.2) is 0 Å².